The average Bonchev–Trinajstić information content (AvgIpc) is 3.45. The molecule has 0 aromatic carbocycles. The second-order valence-electron chi connectivity index (χ2n) is 11.8. The van der Waals surface area contributed by atoms with Gasteiger partial charge in [0.25, 0.3) is 0 Å². The van der Waals surface area contributed by atoms with Crippen LogP contribution in [0, 0.1) is 23.2 Å². The number of nitrogens with zero attached hydrogens (tertiary/aromatic N) is 3. The van der Waals surface area contributed by atoms with Crippen molar-refractivity contribution in [2.75, 3.05) is 46.5 Å². The largest absolute Gasteiger partial charge is 0.417 e. The van der Waals surface area contributed by atoms with E-state index in [1.807, 2.05) is 0 Å². The van der Waals surface area contributed by atoms with Crippen LogP contribution in [-0.4, -0.2) is 85.1 Å². The zero-order valence-corrected chi connectivity index (χ0v) is 23.0. The van der Waals surface area contributed by atoms with E-state index in [4.69, 9.17) is 9.47 Å². The molecular weight excluding hydrogens is 529 g/mol. The summed E-state index contributed by atoms with van der Waals surface area (Å²) in [7, 11) is 1.69. The van der Waals surface area contributed by atoms with E-state index in [9.17, 15) is 27.6 Å². The van der Waals surface area contributed by atoms with Crippen LogP contribution in [-0.2, 0) is 43.0 Å². The van der Waals surface area contributed by atoms with Crippen molar-refractivity contribution in [1.29, 1.82) is 0 Å². The molecule has 3 fully saturated rings. The molecule has 1 aromatic heterocycles. The van der Waals surface area contributed by atoms with Gasteiger partial charge < -0.3 is 24.6 Å². The molecule has 4 heterocycles. The van der Waals surface area contributed by atoms with Crippen molar-refractivity contribution >= 4 is 17.7 Å². The van der Waals surface area contributed by atoms with Crippen LogP contribution in [0.15, 0.2) is 12.3 Å². The highest BCUT2D eigenvalue weighted by atomic mass is 19.4. The zero-order chi connectivity index (χ0) is 28.7. The molecule has 40 heavy (non-hydrogen) atoms. The van der Waals surface area contributed by atoms with Gasteiger partial charge in [-0.25, -0.2) is 0 Å². The van der Waals surface area contributed by atoms with E-state index in [0.717, 1.165) is 31.5 Å². The highest BCUT2D eigenvalue weighted by Gasteiger charge is 2.59. The molecule has 2 unspecified atom stereocenters. The molecule has 220 valence electrons. The van der Waals surface area contributed by atoms with E-state index in [-0.39, 0.29) is 55.3 Å². The number of alkyl halides is 3. The third-order valence-electron chi connectivity index (χ3n) is 9.27. The summed E-state index contributed by atoms with van der Waals surface area (Å²) in [5, 5.41) is 2.55. The van der Waals surface area contributed by atoms with Gasteiger partial charge in [-0.05, 0) is 55.1 Å². The minimum atomic E-state index is -4.51. The SMILES string of the molecule is COC1COCCC1C[C@@H]1C[C@H]2CN(C(=O)CNC(C)=O)C[C@@]2(C(=O)N2CCc3ncc(C(F)(F)F)cc3C2)C1. The molecule has 1 N–H and O–H groups in total. The number of halogens is 3. The molecule has 3 aliphatic heterocycles. The van der Waals surface area contributed by atoms with E-state index in [1.165, 1.54) is 6.92 Å². The number of hydrogen-bond acceptors (Lipinski definition) is 6. The van der Waals surface area contributed by atoms with Gasteiger partial charge in [0, 0.05) is 65.1 Å². The van der Waals surface area contributed by atoms with Gasteiger partial charge >= 0.3 is 6.18 Å². The summed E-state index contributed by atoms with van der Waals surface area (Å²) in [5.74, 6) is -0.123. The molecular formula is C28H37F3N4O5. The molecule has 9 nitrogen and oxygen atoms in total. The molecule has 12 heteroatoms. The maximum Gasteiger partial charge on any atom is 0.417 e. The Morgan fingerprint density at radius 2 is 2.08 bits per heavy atom. The molecule has 5 rings (SSSR count). The third kappa shape index (κ3) is 5.70. The smallest absolute Gasteiger partial charge is 0.379 e. The topological polar surface area (TPSA) is 101 Å². The van der Waals surface area contributed by atoms with Crippen LogP contribution in [0.5, 0.6) is 0 Å². The predicted octanol–water partition coefficient (Wildman–Crippen LogP) is 2.42. The van der Waals surface area contributed by atoms with Crippen molar-refractivity contribution in [3.05, 3.63) is 29.1 Å². The number of methoxy groups -OCH3 is 1. The number of likely N-dealkylation sites (tertiary alicyclic amines) is 1. The quantitative estimate of drug-likeness (QED) is 0.568. The summed E-state index contributed by atoms with van der Waals surface area (Å²) >= 11 is 0. The minimum absolute atomic E-state index is 0.00509. The van der Waals surface area contributed by atoms with Crippen molar-refractivity contribution < 1.29 is 37.0 Å². The second kappa shape index (κ2) is 11.3. The molecule has 0 bridgehead atoms. The van der Waals surface area contributed by atoms with Gasteiger partial charge in [0.05, 0.1) is 30.2 Å². The first-order chi connectivity index (χ1) is 19.0. The minimum Gasteiger partial charge on any atom is -0.379 e. The monoisotopic (exact) mass is 566 g/mol. The van der Waals surface area contributed by atoms with Crippen LogP contribution in [0.1, 0.15) is 49.4 Å². The number of pyridine rings is 1. The Bertz CT molecular complexity index is 1150. The fraction of sp³-hybridized carbons (Fsp3) is 0.714. The number of fused-ring (bicyclic) bond motifs is 2. The normalized spacial score (nSPS) is 30.1. The van der Waals surface area contributed by atoms with Crippen molar-refractivity contribution in [1.82, 2.24) is 20.1 Å². The van der Waals surface area contributed by atoms with Gasteiger partial charge in [0.2, 0.25) is 17.7 Å². The molecule has 1 aliphatic carbocycles. The number of nitrogens with one attached hydrogen (secondary N) is 1. The Hall–Kier alpha value is -2.73. The number of rotatable bonds is 6. The standard InChI is InChI=1S/C28H37F3N4O5/c1-17(36)32-12-25(37)35-14-22-8-18(7-19-4-6-40-15-24(19)39-2)10-27(22,16-35)26(38)34-5-3-23-20(13-34)9-21(11-33-23)28(29,30)31/h9,11,18-19,22,24H,3-8,10,12-16H2,1-2H3,(H,32,36)/t18-,19?,22+,24?,27+/m1/s1. The van der Waals surface area contributed by atoms with Crippen LogP contribution < -0.4 is 5.32 Å². The summed E-state index contributed by atoms with van der Waals surface area (Å²) in [4.78, 5) is 46.0. The fourth-order valence-corrected chi connectivity index (χ4v) is 7.30. The molecule has 0 spiro atoms. The van der Waals surface area contributed by atoms with Crippen molar-refractivity contribution in [3.63, 3.8) is 0 Å². The summed E-state index contributed by atoms with van der Waals surface area (Å²) in [6, 6.07) is 1.10. The summed E-state index contributed by atoms with van der Waals surface area (Å²) in [6.07, 6.45) is -0.0926. The Morgan fingerprint density at radius 1 is 1.27 bits per heavy atom. The van der Waals surface area contributed by atoms with Crippen molar-refractivity contribution in [2.24, 2.45) is 23.2 Å². The molecule has 0 radical (unpaired) electrons. The van der Waals surface area contributed by atoms with Gasteiger partial charge in [0.1, 0.15) is 0 Å². The predicted molar refractivity (Wildman–Crippen MR) is 137 cm³/mol. The third-order valence-corrected chi connectivity index (χ3v) is 9.27. The summed E-state index contributed by atoms with van der Waals surface area (Å²) in [5.41, 5.74) is -0.633. The van der Waals surface area contributed by atoms with Crippen LogP contribution in [0.4, 0.5) is 13.2 Å². The van der Waals surface area contributed by atoms with Gasteiger partial charge in [-0.1, -0.05) is 0 Å². The molecule has 5 atom stereocenters. The number of carbonyl (C=O) groups is 3. The Kier molecular flexibility index (Phi) is 8.11. The zero-order valence-electron chi connectivity index (χ0n) is 23.0. The number of carbonyl (C=O) groups excluding carboxylic acids is 3. The number of aromatic nitrogens is 1. The Balaban J connectivity index is 1.36. The highest BCUT2D eigenvalue weighted by molar-refractivity contribution is 5.88. The molecule has 3 amide bonds. The first kappa shape index (κ1) is 28.8. The average molecular weight is 567 g/mol. The molecule has 1 saturated carbocycles. The lowest BCUT2D eigenvalue weighted by molar-refractivity contribution is -0.144. The van der Waals surface area contributed by atoms with Gasteiger partial charge in [-0.2, -0.15) is 13.2 Å². The van der Waals surface area contributed by atoms with E-state index in [0.29, 0.717) is 56.3 Å². The van der Waals surface area contributed by atoms with Crippen molar-refractivity contribution in [2.45, 2.75) is 57.9 Å². The summed E-state index contributed by atoms with van der Waals surface area (Å²) in [6.45, 7) is 3.55. The highest BCUT2D eigenvalue weighted by Crippen LogP contribution is 2.54. The lowest BCUT2D eigenvalue weighted by Crippen LogP contribution is -2.49. The van der Waals surface area contributed by atoms with Crippen molar-refractivity contribution in [3.8, 4) is 0 Å². The van der Waals surface area contributed by atoms with E-state index < -0.39 is 17.2 Å². The number of hydrogen-bond donors (Lipinski definition) is 1. The first-order valence-corrected chi connectivity index (χ1v) is 14.0. The van der Waals surface area contributed by atoms with Gasteiger partial charge in [-0.15, -0.1) is 0 Å². The van der Waals surface area contributed by atoms with E-state index >= 15 is 0 Å². The number of ether oxygens (including phenoxy) is 2. The van der Waals surface area contributed by atoms with E-state index in [1.54, 1.807) is 16.9 Å². The van der Waals surface area contributed by atoms with Gasteiger partial charge in [0.15, 0.2) is 0 Å². The van der Waals surface area contributed by atoms with Crippen LogP contribution in [0.25, 0.3) is 0 Å². The Labute approximate surface area is 231 Å². The second-order valence-corrected chi connectivity index (χ2v) is 11.8. The fourth-order valence-electron chi connectivity index (χ4n) is 7.30. The van der Waals surface area contributed by atoms with E-state index in [2.05, 4.69) is 10.3 Å². The van der Waals surface area contributed by atoms with Gasteiger partial charge in [-0.3, -0.25) is 19.4 Å². The maximum absolute atomic E-state index is 14.3. The maximum atomic E-state index is 14.3. The number of amides is 3. The van der Waals surface area contributed by atoms with Crippen LogP contribution in [0.3, 0.4) is 0 Å². The van der Waals surface area contributed by atoms with Crippen LogP contribution in [0.2, 0.25) is 0 Å². The molecule has 4 aliphatic rings. The molecule has 1 aromatic rings. The lowest BCUT2D eigenvalue weighted by atomic mass is 9.78. The Morgan fingerprint density at radius 3 is 2.80 bits per heavy atom. The summed E-state index contributed by atoms with van der Waals surface area (Å²) < 4.78 is 51.3. The first-order valence-electron chi connectivity index (χ1n) is 14.0. The van der Waals surface area contributed by atoms with Crippen LogP contribution >= 0.6 is 0 Å². The molecule has 2 saturated heterocycles. The lowest BCUT2D eigenvalue weighted by Gasteiger charge is -2.37.